The van der Waals surface area contributed by atoms with Crippen molar-refractivity contribution < 1.29 is 14.3 Å². The molecule has 7 nitrogen and oxygen atoms in total. The van der Waals surface area contributed by atoms with E-state index in [1.807, 2.05) is 62.4 Å². The molecule has 4 rings (SSSR count). The zero-order chi connectivity index (χ0) is 19.8. The van der Waals surface area contributed by atoms with Crippen LogP contribution in [0.25, 0.3) is 28.7 Å². The van der Waals surface area contributed by atoms with Crippen molar-refractivity contribution in [3.8, 4) is 28.7 Å². The molecular weight excluding hydrogens is 424 g/mol. The van der Waals surface area contributed by atoms with Crippen molar-refractivity contribution in [1.29, 1.82) is 0 Å². The van der Waals surface area contributed by atoms with Crippen molar-refractivity contribution in [2.45, 2.75) is 13.8 Å². The van der Waals surface area contributed by atoms with Crippen molar-refractivity contribution in [2.75, 3.05) is 0 Å². The Morgan fingerprint density at radius 1 is 1.07 bits per heavy atom. The van der Waals surface area contributed by atoms with Crippen molar-refractivity contribution in [3.05, 3.63) is 69.8 Å². The zero-order valence-corrected chi connectivity index (χ0v) is 16.6. The van der Waals surface area contributed by atoms with E-state index in [9.17, 15) is 9.90 Å². The van der Waals surface area contributed by atoms with Crippen LogP contribution in [0.4, 0.5) is 0 Å². The summed E-state index contributed by atoms with van der Waals surface area (Å²) in [5.41, 5.74) is 3.76. The van der Waals surface area contributed by atoms with Gasteiger partial charge >= 0.3 is 5.97 Å². The minimum atomic E-state index is -1.15. The standard InChI is InChI=1S/C20H15BrN4O3/c1-11-6-5-8-13(10-11)18-22-23-19(28-18)17-15(21)16(20(26)27)24-25(17)14-9-4-3-7-12(14)2/h3-10H,1-2H3,(H,26,27). The quantitative estimate of drug-likeness (QED) is 0.497. The second-order valence-electron chi connectivity index (χ2n) is 6.30. The molecule has 0 spiro atoms. The molecule has 2 aromatic heterocycles. The maximum Gasteiger partial charge on any atom is 0.357 e. The zero-order valence-electron chi connectivity index (χ0n) is 15.0. The van der Waals surface area contributed by atoms with Gasteiger partial charge in [0.25, 0.3) is 5.89 Å². The van der Waals surface area contributed by atoms with Gasteiger partial charge in [0.1, 0.15) is 5.69 Å². The van der Waals surface area contributed by atoms with E-state index in [-0.39, 0.29) is 16.1 Å². The van der Waals surface area contributed by atoms with Gasteiger partial charge in [0, 0.05) is 5.56 Å². The molecule has 2 aromatic carbocycles. The van der Waals surface area contributed by atoms with Gasteiger partial charge in [0.15, 0.2) is 5.69 Å². The summed E-state index contributed by atoms with van der Waals surface area (Å²) in [7, 11) is 0. The monoisotopic (exact) mass is 438 g/mol. The maximum absolute atomic E-state index is 11.6. The smallest absolute Gasteiger partial charge is 0.357 e. The largest absolute Gasteiger partial charge is 0.476 e. The Labute approximate surface area is 168 Å². The Kier molecular flexibility index (Phi) is 4.56. The maximum atomic E-state index is 11.6. The molecule has 0 aliphatic carbocycles. The average molecular weight is 439 g/mol. The fourth-order valence-corrected chi connectivity index (χ4v) is 3.50. The Balaban J connectivity index is 1.91. The summed E-state index contributed by atoms with van der Waals surface area (Å²) in [6.07, 6.45) is 0. The minimum absolute atomic E-state index is 0.131. The van der Waals surface area contributed by atoms with E-state index in [0.717, 1.165) is 22.4 Å². The predicted octanol–water partition coefficient (Wildman–Crippen LogP) is 4.67. The number of para-hydroxylation sites is 1. The van der Waals surface area contributed by atoms with E-state index < -0.39 is 5.97 Å². The molecule has 0 saturated heterocycles. The summed E-state index contributed by atoms with van der Waals surface area (Å²) in [5.74, 6) is -0.634. The molecule has 0 fully saturated rings. The number of rotatable bonds is 4. The fraction of sp³-hybridized carbons (Fsp3) is 0.100. The second kappa shape index (κ2) is 7.05. The first-order valence-corrected chi connectivity index (χ1v) is 9.23. The minimum Gasteiger partial charge on any atom is -0.476 e. The number of aromatic carboxylic acids is 1. The molecule has 0 unspecified atom stereocenters. The van der Waals surface area contributed by atoms with Gasteiger partial charge in [-0.25, -0.2) is 9.48 Å². The lowest BCUT2D eigenvalue weighted by Gasteiger charge is -2.08. The SMILES string of the molecule is Cc1cccc(-c2nnc(-c3c(Br)c(C(=O)O)nn3-c3ccccc3C)o2)c1. The number of halogens is 1. The molecule has 28 heavy (non-hydrogen) atoms. The molecule has 2 heterocycles. The van der Waals surface area contributed by atoms with E-state index in [0.29, 0.717) is 11.6 Å². The number of aromatic nitrogens is 4. The van der Waals surface area contributed by atoms with Gasteiger partial charge in [-0.2, -0.15) is 5.10 Å². The van der Waals surface area contributed by atoms with Crippen molar-refractivity contribution in [3.63, 3.8) is 0 Å². The van der Waals surface area contributed by atoms with Gasteiger partial charge in [-0.15, -0.1) is 10.2 Å². The van der Waals surface area contributed by atoms with Gasteiger partial charge < -0.3 is 9.52 Å². The van der Waals surface area contributed by atoms with Crippen LogP contribution in [0, 0.1) is 13.8 Å². The number of nitrogens with zero attached hydrogens (tertiary/aromatic N) is 4. The van der Waals surface area contributed by atoms with E-state index in [4.69, 9.17) is 4.42 Å². The van der Waals surface area contributed by atoms with Gasteiger partial charge in [-0.05, 0) is 53.5 Å². The molecular formula is C20H15BrN4O3. The van der Waals surface area contributed by atoms with Crippen LogP contribution in [0.3, 0.4) is 0 Å². The Morgan fingerprint density at radius 3 is 2.54 bits per heavy atom. The third-order valence-electron chi connectivity index (χ3n) is 4.27. The number of carbonyl (C=O) groups is 1. The Bertz CT molecular complexity index is 1200. The van der Waals surface area contributed by atoms with E-state index in [1.54, 1.807) is 0 Å². The van der Waals surface area contributed by atoms with E-state index in [1.165, 1.54) is 4.68 Å². The third-order valence-corrected chi connectivity index (χ3v) is 5.02. The number of carboxylic acid groups (broad SMARTS) is 1. The molecule has 0 radical (unpaired) electrons. The molecule has 8 heteroatoms. The lowest BCUT2D eigenvalue weighted by Crippen LogP contribution is -2.03. The third kappa shape index (κ3) is 3.11. The number of hydrogen-bond acceptors (Lipinski definition) is 5. The summed E-state index contributed by atoms with van der Waals surface area (Å²) in [6.45, 7) is 3.89. The molecule has 140 valence electrons. The Morgan fingerprint density at radius 2 is 1.82 bits per heavy atom. The van der Waals surface area contributed by atoms with Crippen LogP contribution < -0.4 is 0 Å². The highest BCUT2D eigenvalue weighted by Gasteiger charge is 2.27. The summed E-state index contributed by atoms with van der Waals surface area (Å²) in [6, 6.07) is 15.2. The number of benzene rings is 2. The first-order chi connectivity index (χ1) is 13.5. The molecule has 0 bridgehead atoms. The summed E-state index contributed by atoms with van der Waals surface area (Å²) < 4.78 is 7.67. The topological polar surface area (TPSA) is 94.0 Å². The normalized spacial score (nSPS) is 11.0. The van der Waals surface area contributed by atoms with Crippen molar-refractivity contribution in [1.82, 2.24) is 20.0 Å². The fourth-order valence-electron chi connectivity index (χ4n) is 2.91. The van der Waals surface area contributed by atoms with Gasteiger partial charge in [0.2, 0.25) is 5.89 Å². The van der Waals surface area contributed by atoms with Crippen LogP contribution in [0.2, 0.25) is 0 Å². The van der Waals surface area contributed by atoms with Crippen molar-refractivity contribution >= 4 is 21.9 Å². The molecule has 0 atom stereocenters. The highest BCUT2D eigenvalue weighted by atomic mass is 79.9. The Hall–Kier alpha value is -3.26. The predicted molar refractivity (Wildman–Crippen MR) is 106 cm³/mol. The lowest BCUT2D eigenvalue weighted by molar-refractivity contribution is 0.0689. The number of carboxylic acids is 1. The first kappa shape index (κ1) is 18.1. The van der Waals surface area contributed by atoms with E-state index in [2.05, 4.69) is 31.2 Å². The van der Waals surface area contributed by atoms with Crippen LogP contribution in [0.5, 0.6) is 0 Å². The molecule has 4 aromatic rings. The van der Waals surface area contributed by atoms with Crippen LogP contribution in [0.1, 0.15) is 21.6 Å². The summed E-state index contributed by atoms with van der Waals surface area (Å²) in [4.78, 5) is 11.6. The summed E-state index contributed by atoms with van der Waals surface area (Å²) >= 11 is 3.35. The van der Waals surface area contributed by atoms with Crippen LogP contribution in [-0.4, -0.2) is 31.1 Å². The van der Waals surface area contributed by atoms with Crippen molar-refractivity contribution in [2.24, 2.45) is 0 Å². The highest BCUT2D eigenvalue weighted by Crippen LogP contribution is 2.34. The molecule has 0 saturated carbocycles. The van der Waals surface area contributed by atoms with Crippen LogP contribution in [0.15, 0.2) is 57.4 Å². The molecule has 0 aliphatic heterocycles. The highest BCUT2D eigenvalue weighted by molar-refractivity contribution is 9.10. The molecule has 0 amide bonds. The molecule has 1 N–H and O–H groups in total. The molecule has 0 aliphatic rings. The van der Waals surface area contributed by atoms with E-state index >= 15 is 0 Å². The number of hydrogen-bond donors (Lipinski definition) is 1. The second-order valence-corrected chi connectivity index (χ2v) is 7.09. The summed E-state index contributed by atoms with van der Waals surface area (Å²) in [5, 5.41) is 22.0. The van der Waals surface area contributed by atoms with Gasteiger partial charge in [-0.1, -0.05) is 35.9 Å². The van der Waals surface area contributed by atoms with Crippen LogP contribution >= 0.6 is 15.9 Å². The first-order valence-electron chi connectivity index (χ1n) is 8.44. The van der Waals surface area contributed by atoms with Gasteiger partial charge in [-0.3, -0.25) is 0 Å². The average Bonchev–Trinajstić information content (AvgIpc) is 3.27. The van der Waals surface area contributed by atoms with Crippen LogP contribution in [-0.2, 0) is 0 Å². The van der Waals surface area contributed by atoms with Gasteiger partial charge in [0.05, 0.1) is 10.2 Å². The number of aryl methyl sites for hydroxylation is 2. The lowest BCUT2D eigenvalue weighted by atomic mass is 10.1.